The number of aliphatic hydroxyl groups excluding tert-OH is 1. The molecule has 0 bridgehead atoms. The average Bonchev–Trinajstić information content (AvgIpc) is 3.41. The number of aryl methyl sites for hydroxylation is 2. The van der Waals surface area contributed by atoms with Crippen LogP contribution in [0.25, 0.3) is 0 Å². The van der Waals surface area contributed by atoms with Crippen molar-refractivity contribution in [2.75, 3.05) is 12.0 Å². The molecule has 0 radical (unpaired) electrons. The number of ether oxygens (including phenoxy) is 1. The van der Waals surface area contributed by atoms with Crippen LogP contribution in [0.15, 0.2) is 47.2 Å². The van der Waals surface area contributed by atoms with Gasteiger partial charge in [0.15, 0.2) is 10.9 Å². The molecule has 4 rings (SSSR count). The van der Waals surface area contributed by atoms with Gasteiger partial charge >= 0.3 is 0 Å². The number of aliphatic hydroxyl groups is 1. The Morgan fingerprint density at radius 1 is 1.28 bits per heavy atom. The molecule has 1 unspecified atom stereocenters. The van der Waals surface area contributed by atoms with Gasteiger partial charge in [-0.05, 0) is 19.9 Å². The molecule has 0 saturated carbocycles. The Balaban J connectivity index is 1.93. The third kappa shape index (κ3) is 3.12. The number of anilines is 1. The highest BCUT2D eigenvalue weighted by Gasteiger charge is 2.47. The van der Waals surface area contributed by atoms with E-state index in [1.807, 2.05) is 6.92 Å². The number of nitrogens with zero attached hydrogens (tertiary/aromatic N) is 3. The van der Waals surface area contributed by atoms with Crippen LogP contribution in [0.1, 0.15) is 32.0 Å². The molecule has 148 valence electrons. The Labute approximate surface area is 174 Å². The van der Waals surface area contributed by atoms with Crippen LogP contribution in [0.4, 0.5) is 5.13 Å². The molecule has 0 fully saturated rings. The molecule has 1 aliphatic rings. The molecule has 3 heterocycles. The van der Waals surface area contributed by atoms with E-state index < -0.39 is 23.5 Å². The lowest BCUT2D eigenvalue weighted by Crippen LogP contribution is -2.31. The van der Waals surface area contributed by atoms with E-state index in [2.05, 4.69) is 9.97 Å². The molecule has 7 nitrogen and oxygen atoms in total. The Morgan fingerprint density at radius 2 is 2.03 bits per heavy atom. The van der Waals surface area contributed by atoms with E-state index in [1.54, 1.807) is 42.8 Å². The Kier molecular flexibility index (Phi) is 4.93. The number of aromatic nitrogens is 2. The normalized spacial score (nSPS) is 16.6. The Hall–Kier alpha value is -3.04. The number of hydrogen-bond acceptors (Lipinski definition) is 8. The minimum absolute atomic E-state index is 0.00134. The number of hydrogen-bond donors (Lipinski definition) is 1. The summed E-state index contributed by atoms with van der Waals surface area (Å²) < 4.78 is 5.48. The lowest BCUT2D eigenvalue weighted by Gasteiger charge is -2.25. The van der Waals surface area contributed by atoms with Crippen LogP contribution in [0.5, 0.6) is 5.75 Å². The van der Waals surface area contributed by atoms with Gasteiger partial charge in [-0.15, -0.1) is 22.7 Å². The Bertz CT molecular complexity index is 1130. The van der Waals surface area contributed by atoms with Crippen molar-refractivity contribution in [1.29, 1.82) is 0 Å². The summed E-state index contributed by atoms with van der Waals surface area (Å²) in [5.74, 6) is -1.16. The Morgan fingerprint density at radius 3 is 2.66 bits per heavy atom. The van der Waals surface area contributed by atoms with E-state index >= 15 is 0 Å². The first-order valence-electron chi connectivity index (χ1n) is 8.71. The van der Waals surface area contributed by atoms with Crippen LogP contribution in [0.2, 0.25) is 0 Å². The highest BCUT2D eigenvalue weighted by Crippen LogP contribution is 2.45. The number of ketones is 1. The first-order chi connectivity index (χ1) is 13.9. The molecule has 9 heteroatoms. The van der Waals surface area contributed by atoms with Gasteiger partial charge in [0, 0.05) is 17.1 Å². The van der Waals surface area contributed by atoms with Gasteiger partial charge in [-0.2, -0.15) is 0 Å². The summed E-state index contributed by atoms with van der Waals surface area (Å²) in [6.07, 6.45) is 1.57. The highest BCUT2D eigenvalue weighted by molar-refractivity contribution is 7.14. The number of rotatable bonds is 5. The SMILES string of the molecule is COc1ccccc1C1C(C(=O)c2sc(C)nc2C)=C(O)C(=O)N1c1nccs1. The van der Waals surface area contributed by atoms with Crippen LogP contribution >= 0.6 is 22.7 Å². The number of para-hydroxylation sites is 1. The van der Waals surface area contributed by atoms with Gasteiger partial charge in [0.25, 0.3) is 5.91 Å². The van der Waals surface area contributed by atoms with Crippen LogP contribution in [0, 0.1) is 13.8 Å². The monoisotopic (exact) mass is 427 g/mol. The number of Topliss-reactive ketones (excluding diaryl/α,β-unsaturated/α-hetero) is 1. The third-order valence-electron chi connectivity index (χ3n) is 4.62. The number of benzene rings is 1. The third-order valence-corrected chi connectivity index (χ3v) is 6.46. The summed E-state index contributed by atoms with van der Waals surface area (Å²) in [6, 6.07) is 6.25. The van der Waals surface area contributed by atoms with E-state index in [9.17, 15) is 14.7 Å². The molecule has 0 saturated heterocycles. The molecule has 1 aliphatic heterocycles. The van der Waals surface area contributed by atoms with Gasteiger partial charge in [-0.1, -0.05) is 18.2 Å². The summed E-state index contributed by atoms with van der Waals surface area (Å²) in [6.45, 7) is 3.55. The second kappa shape index (κ2) is 7.41. The average molecular weight is 428 g/mol. The van der Waals surface area contributed by atoms with Gasteiger partial charge in [-0.3, -0.25) is 14.5 Å². The first kappa shape index (κ1) is 19.3. The molecule has 1 aromatic carbocycles. The van der Waals surface area contributed by atoms with Crippen molar-refractivity contribution in [1.82, 2.24) is 9.97 Å². The molecule has 1 atom stereocenters. The lowest BCUT2D eigenvalue weighted by molar-refractivity contribution is -0.117. The van der Waals surface area contributed by atoms with E-state index in [-0.39, 0.29) is 5.57 Å². The maximum absolute atomic E-state index is 13.5. The number of thiazole rings is 2. The molecule has 1 N–H and O–H groups in total. The highest BCUT2D eigenvalue weighted by atomic mass is 32.1. The summed E-state index contributed by atoms with van der Waals surface area (Å²) in [4.78, 5) is 36.7. The summed E-state index contributed by atoms with van der Waals surface area (Å²) >= 11 is 2.49. The molecule has 29 heavy (non-hydrogen) atoms. The molecule has 0 aliphatic carbocycles. The number of carbonyl (C=O) groups is 2. The van der Waals surface area contributed by atoms with Gasteiger partial charge in [0.1, 0.15) is 11.8 Å². The van der Waals surface area contributed by atoms with Crippen LogP contribution < -0.4 is 9.64 Å². The molecule has 2 aromatic heterocycles. The van der Waals surface area contributed by atoms with E-state index in [4.69, 9.17) is 4.74 Å². The van der Waals surface area contributed by atoms with Crippen molar-refractivity contribution in [3.63, 3.8) is 0 Å². The predicted octanol–water partition coefficient (Wildman–Crippen LogP) is 4.01. The van der Waals surface area contributed by atoms with E-state index in [0.717, 1.165) is 5.01 Å². The lowest BCUT2D eigenvalue weighted by atomic mass is 9.94. The van der Waals surface area contributed by atoms with Crippen LogP contribution in [0.3, 0.4) is 0 Å². The zero-order valence-electron chi connectivity index (χ0n) is 15.9. The zero-order valence-corrected chi connectivity index (χ0v) is 17.5. The minimum atomic E-state index is -0.862. The topological polar surface area (TPSA) is 92.6 Å². The van der Waals surface area contributed by atoms with E-state index in [1.165, 1.54) is 34.7 Å². The van der Waals surface area contributed by atoms with E-state index in [0.29, 0.717) is 27.0 Å². The van der Waals surface area contributed by atoms with Crippen LogP contribution in [-0.2, 0) is 4.79 Å². The zero-order chi connectivity index (χ0) is 20.7. The van der Waals surface area contributed by atoms with Crippen molar-refractivity contribution >= 4 is 39.5 Å². The van der Waals surface area contributed by atoms with Gasteiger partial charge < -0.3 is 9.84 Å². The molecule has 1 amide bonds. The first-order valence-corrected chi connectivity index (χ1v) is 10.4. The second-order valence-electron chi connectivity index (χ2n) is 6.37. The minimum Gasteiger partial charge on any atom is -0.503 e. The fourth-order valence-corrected chi connectivity index (χ4v) is 4.96. The molecular formula is C20H17N3O4S2. The maximum atomic E-state index is 13.5. The summed E-state index contributed by atoms with van der Waals surface area (Å²) in [5, 5.41) is 13.6. The number of methoxy groups -OCH3 is 1. The fraction of sp³-hybridized carbons (Fsp3) is 0.200. The molecule has 3 aromatic rings. The van der Waals surface area contributed by atoms with Crippen molar-refractivity contribution in [3.05, 3.63) is 68.3 Å². The van der Waals surface area contributed by atoms with Crippen LogP contribution in [-0.4, -0.2) is 33.9 Å². The summed E-state index contributed by atoms with van der Waals surface area (Å²) in [5.41, 5.74) is 1.16. The maximum Gasteiger partial charge on any atom is 0.296 e. The van der Waals surface area contributed by atoms with Gasteiger partial charge in [0.2, 0.25) is 5.78 Å². The number of carbonyl (C=O) groups excluding carboxylic acids is 2. The van der Waals surface area contributed by atoms with Crippen molar-refractivity contribution in [3.8, 4) is 5.75 Å². The second-order valence-corrected chi connectivity index (χ2v) is 8.45. The predicted molar refractivity (Wildman–Crippen MR) is 111 cm³/mol. The largest absolute Gasteiger partial charge is 0.503 e. The molecule has 0 spiro atoms. The van der Waals surface area contributed by atoms with Crippen molar-refractivity contribution in [2.24, 2.45) is 0 Å². The standard InChI is InChI=1S/C20H17N3O4S2/c1-10-18(29-11(2)22-10)16(24)14-15(12-6-4-5-7-13(12)27-3)23(19(26)17(14)25)20-21-8-9-28-20/h4-9,15,25H,1-3H3. The smallest absolute Gasteiger partial charge is 0.296 e. The fourth-order valence-electron chi connectivity index (χ4n) is 3.42. The molecular weight excluding hydrogens is 410 g/mol. The van der Waals surface area contributed by atoms with Gasteiger partial charge in [0.05, 0.1) is 28.3 Å². The quantitative estimate of drug-likeness (QED) is 0.619. The number of amides is 1. The van der Waals surface area contributed by atoms with Crippen molar-refractivity contribution < 1.29 is 19.4 Å². The summed E-state index contributed by atoms with van der Waals surface area (Å²) in [7, 11) is 1.52. The van der Waals surface area contributed by atoms with Gasteiger partial charge in [-0.25, -0.2) is 9.97 Å². The van der Waals surface area contributed by atoms with Crippen molar-refractivity contribution in [2.45, 2.75) is 19.9 Å².